The molecule has 0 amide bonds. The SMILES string of the molecule is CCCN(CC(F)(F)F)S(=O)(=O)c1ccc(N)nc1. The van der Waals surface area contributed by atoms with Crippen LogP contribution in [0.3, 0.4) is 0 Å². The van der Waals surface area contributed by atoms with Crippen LogP contribution in [-0.4, -0.2) is 37.0 Å². The first-order valence-corrected chi connectivity index (χ1v) is 6.89. The van der Waals surface area contributed by atoms with E-state index in [-0.39, 0.29) is 23.7 Å². The average Bonchev–Trinajstić information content (AvgIpc) is 2.27. The van der Waals surface area contributed by atoms with Crippen LogP contribution in [0.15, 0.2) is 23.2 Å². The Morgan fingerprint density at radius 3 is 2.42 bits per heavy atom. The predicted molar refractivity (Wildman–Crippen MR) is 63.8 cm³/mol. The zero-order valence-corrected chi connectivity index (χ0v) is 11.0. The molecule has 0 saturated heterocycles. The van der Waals surface area contributed by atoms with Crippen molar-refractivity contribution in [3.8, 4) is 0 Å². The Bertz CT molecular complexity index is 514. The lowest BCUT2D eigenvalue weighted by molar-refractivity contribution is -0.136. The Labute approximate surface area is 109 Å². The fourth-order valence-electron chi connectivity index (χ4n) is 1.43. The van der Waals surface area contributed by atoms with E-state index in [2.05, 4.69) is 4.98 Å². The van der Waals surface area contributed by atoms with Gasteiger partial charge in [-0.25, -0.2) is 13.4 Å². The predicted octanol–water partition coefficient (Wildman–Crippen LogP) is 1.63. The largest absolute Gasteiger partial charge is 0.402 e. The van der Waals surface area contributed by atoms with Crippen molar-refractivity contribution in [2.24, 2.45) is 0 Å². The molecule has 1 rings (SSSR count). The second-order valence-electron chi connectivity index (χ2n) is 3.87. The summed E-state index contributed by atoms with van der Waals surface area (Å²) in [6, 6.07) is 2.36. The minimum Gasteiger partial charge on any atom is -0.384 e. The summed E-state index contributed by atoms with van der Waals surface area (Å²) in [4.78, 5) is 3.27. The van der Waals surface area contributed by atoms with Gasteiger partial charge in [0.25, 0.3) is 0 Å². The highest BCUT2D eigenvalue weighted by atomic mass is 32.2. The second-order valence-corrected chi connectivity index (χ2v) is 5.81. The molecule has 0 aliphatic heterocycles. The third-order valence-electron chi connectivity index (χ3n) is 2.23. The Morgan fingerprint density at radius 1 is 1.37 bits per heavy atom. The van der Waals surface area contributed by atoms with Gasteiger partial charge in [0.15, 0.2) is 0 Å². The number of pyridine rings is 1. The van der Waals surface area contributed by atoms with Crippen molar-refractivity contribution >= 4 is 15.8 Å². The zero-order valence-electron chi connectivity index (χ0n) is 10.2. The molecule has 0 aromatic carbocycles. The van der Waals surface area contributed by atoms with Gasteiger partial charge in [0.05, 0.1) is 0 Å². The monoisotopic (exact) mass is 297 g/mol. The van der Waals surface area contributed by atoms with E-state index < -0.39 is 22.7 Å². The van der Waals surface area contributed by atoms with Gasteiger partial charge in [-0.15, -0.1) is 0 Å². The molecule has 1 heterocycles. The minimum atomic E-state index is -4.59. The first-order valence-electron chi connectivity index (χ1n) is 5.45. The summed E-state index contributed by atoms with van der Waals surface area (Å²) in [6.45, 7) is -0.139. The number of rotatable bonds is 5. The molecular formula is C10H14F3N3O2S. The summed E-state index contributed by atoms with van der Waals surface area (Å²) in [6.07, 6.45) is -3.37. The maximum absolute atomic E-state index is 12.4. The minimum absolute atomic E-state index is 0.0943. The first kappa shape index (κ1) is 15.7. The highest BCUT2D eigenvalue weighted by molar-refractivity contribution is 7.89. The van der Waals surface area contributed by atoms with Gasteiger partial charge in [-0.05, 0) is 18.6 Å². The lowest BCUT2D eigenvalue weighted by atomic mass is 10.5. The molecule has 0 spiro atoms. The van der Waals surface area contributed by atoms with E-state index in [0.29, 0.717) is 4.31 Å². The molecule has 9 heteroatoms. The van der Waals surface area contributed by atoms with Gasteiger partial charge < -0.3 is 5.73 Å². The van der Waals surface area contributed by atoms with Crippen LogP contribution in [0.25, 0.3) is 0 Å². The van der Waals surface area contributed by atoms with Crippen molar-refractivity contribution in [3.05, 3.63) is 18.3 Å². The number of hydrogen-bond acceptors (Lipinski definition) is 4. The molecule has 0 aliphatic rings. The van der Waals surface area contributed by atoms with Gasteiger partial charge in [0.2, 0.25) is 10.0 Å². The summed E-state index contributed by atoms with van der Waals surface area (Å²) in [5.41, 5.74) is 5.31. The van der Waals surface area contributed by atoms with Crippen LogP contribution < -0.4 is 5.73 Å². The van der Waals surface area contributed by atoms with Gasteiger partial charge >= 0.3 is 6.18 Å². The van der Waals surface area contributed by atoms with Crippen LogP contribution in [0, 0.1) is 0 Å². The molecule has 0 fully saturated rings. The molecule has 0 aliphatic carbocycles. The van der Waals surface area contributed by atoms with Crippen molar-refractivity contribution < 1.29 is 21.6 Å². The number of sulfonamides is 1. The van der Waals surface area contributed by atoms with E-state index in [1.54, 1.807) is 6.92 Å². The fourth-order valence-corrected chi connectivity index (χ4v) is 2.89. The van der Waals surface area contributed by atoms with Crippen molar-refractivity contribution in [1.29, 1.82) is 0 Å². The average molecular weight is 297 g/mol. The van der Waals surface area contributed by atoms with E-state index in [4.69, 9.17) is 5.73 Å². The highest BCUT2D eigenvalue weighted by Gasteiger charge is 2.36. The first-order chi connectivity index (χ1) is 8.66. The van der Waals surface area contributed by atoms with Crippen LogP contribution in [0.4, 0.5) is 19.0 Å². The van der Waals surface area contributed by atoms with Crippen molar-refractivity contribution in [2.75, 3.05) is 18.8 Å². The van der Waals surface area contributed by atoms with E-state index in [9.17, 15) is 21.6 Å². The maximum Gasteiger partial charge on any atom is 0.402 e. The number of nitrogen functional groups attached to an aromatic ring is 1. The lowest BCUT2D eigenvalue weighted by Gasteiger charge is -2.22. The van der Waals surface area contributed by atoms with E-state index in [1.165, 1.54) is 6.07 Å². The smallest absolute Gasteiger partial charge is 0.384 e. The number of halogens is 3. The molecule has 0 radical (unpaired) electrons. The number of hydrogen-bond donors (Lipinski definition) is 1. The van der Waals surface area contributed by atoms with Crippen molar-refractivity contribution in [2.45, 2.75) is 24.4 Å². The van der Waals surface area contributed by atoms with Gasteiger partial charge in [-0.1, -0.05) is 6.92 Å². The number of nitrogens with two attached hydrogens (primary N) is 1. The molecule has 0 bridgehead atoms. The molecule has 1 aromatic heterocycles. The molecule has 19 heavy (non-hydrogen) atoms. The molecule has 0 unspecified atom stereocenters. The Hall–Kier alpha value is -1.35. The summed E-state index contributed by atoms with van der Waals surface area (Å²) in [5, 5.41) is 0. The standard InChI is InChI=1S/C10H14F3N3O2S/c1-2-5-16(7-10(11,12)13)19(17,18)8-3-4-9(14)15-6-8/h3-4,6H,2,5,7H2,1H3,(H2,14,15). The number of alkyl halides is 3. The van der Waals surface area contributed by atoms with E-state index in [0.717, 1.165) is 12.3 Å². The molecule has 2 N–H and O–H groups in total. The van der Waals surface area contributed by atoms with Crippen molar-refractivity contribution in [3.63, 3.8) is 0 Å². The third kappa shape index (κ3) is 4.35. The molecule has 0 saturated carbocycles. The molecule has 5 nitrogen and oxygen atoms in total. The van der Waals surface area contributed by atoms with Crippen LogP contribution in [-0.2, 0) is 10.0 Å². The quantitative estimate of drug-likeness (QED) is 0.896. The summed E-state index contributed by atoms with van der Waals surface area (Å²) in [5.74, 6) is 0.0943. The lowest BCUT2D eigenvalue weighted by Crippen LogP contribution is -2.39. The van der Waals surface area contributed by atoms with Crippen molar-refractivity contribution in [1.82, 2.24) is 9.29 Å². The van der Waals surface area contributed by atoms with Crippen LogP contribution in [0.2, 0.25) is 0 Å². The van der Waals surface area contributed by atoms with E-state index in [1.807, 2.05) is 0 Å². The van der Waals surface area contributed by atoms with Gasteiger partial charge in [0.1, 0.15) is 17.3 Å². The van der Waals surface area contributed by atoms with Gasteiger partial charge in [0, 0.05) is 12.7 Å². The number of nitrogens with zero attached hydrogens (tertiary/aromatic N) is 2. The summed E-state index contributed by atoms with van der Waals surface area (Å²) < 4.78 is 61.7. The highest BCUT2D eigenvalue weighted by Crippen LogP contribution is 2.22. The van der Waals surface area contributed by atoms with Gasteiger partial charge in [-0.2, -0.15) is 17.5 Å². The van der Waals surface area contributed by atoms with E-state index >= 15 is 0 Å². The number of aromatic nitrogens is 1. The van der Waals surface area contributed by atoms with Crippen LogP contribution in [0.1, 0.15) is 13.3 Å². The molecule has 108 valence electrons. The Kier molecular flexibility index (Phi) is 4.75. The van der Waals surface area contributed by atoms with Gasteiger partial charge in [-0.3, -0.25) is 0 Å². The third-order valence-corrected chi connectivity index (χ3v) is 4.05. The summed E-state index contributed by atoms with van der Waals surface area (Å²) in [7, 11) is -4.22. The molecular weight excluding hydrogens is 283 g/mol. The molecule has 1 aromatic rings. The van der Waals surface area contributed by atoms with Crippen LogP contribution in [0.5, 0.6) is 0 Å². The Morgan fingerprint density at radius 2 is 2.00 bits per heavy atom. The summed E-state index contributed by atoms with van der Waals surface area (Å²) >= 11 is 0. The zero-order chi connectivity index (χ0) is 14.7. The topological polar surface area (TPSA) is 76.3 Å². The number of anilines is 1. The maximum atomic E-state index is 12.4. The second kappa shape index (κ2) is 5.74. The normalized spacial score (nSPS) is 12.9. The van der Waals surface area contributed by atoms with Crippen LogP contribution >= 0.6 is 0 Å². The Balaban J connectivity index is 3.09. The molecule has 0 atom stereocenters. The fraction of sp³-hybridized carbons (Fsp3) is 0.500.